The number of ether oxygens (including phenoxy) is 1. The van der Waals surface area contributed by atoms with Crippen LogP contribution in [0.1, 0.15) is 48.9 Å². The molecule has 1 aliphatic heterocycles. The van der Waals surface area contributed by atoms with E-state index in [9.17, 15) is 0 Å². The zero-order chi connectivity index (χ0) is 19.3. The van der Waals surface area contributed by atoms with Crippen molar-refractivity contribution in [2.45, 2.75) is 45.2 Å². The maximum absolute atomic E-state index is 5.82. The van der Waals surface area contributed by atoms with E-state index in [4.69, 9.17) is 14.2 Å². The summed E-state index contributed by atoms with van der Waals surface area (Å²) in [5.41, 5.74) is 4.08. The van der Waals surface area contributed by atoms with E-state index < -0.39 is 0 Å². The highest BCUT2D eigenvalue weighted by Crippen LogP contribution is 2.33. The van der Waals surface area contributed by atoms with E-state index in [1.165, 1.54) is 19.3 Å². The van der Waals surface area contributed by atoms with Crippen LogP contribution in [0, 0.1) is 6.92 Å². The van der Waals surface area contributed by atoms with Crippen molar-refractivity contribution in [2.75, 3.05) is 13.7 Å². The van der Waals surface area contributed by atoms with E-state index in [2.05, 4.69) is 28.3 Å². The minimum Gasteiger partial charge on any atom is -0.497 e. The molecule has 3 aromatic rings. The quantitative estimate of drug-likeness (QED) is 0.614. The molecular formula is C23H27N3O2. The van der Waals surface area contributed by atoms with E-state index >= 15 is 0 Å². The molecule has 0 spiro atoms. The molecule has 3 heterocycles. The van der Waals surface area contributed by atoms with Crippen molar-refractivity contribution in [3.05, 3.63) is 65.7 Å². The van der Waals surface area contributed by atoms with Crippen molar-refractivity contribution in [3.8, 4) is 17.0 Å². The lowest BCUT2D eigenvalue weighted by atomic mass is 10.1. The molecule has 2 aromatic heterocycles. The summed E-state index contributed by atoms with van der Waals surface area (Å²) in [5, 5.41) is 4.35. The van der Waals surface area contributed by atoms with E-state index in [1.54, 1.807) is 7.11 Å². The number of benzene rings is 1. The number of likely N-dealkylation sites (tertiary alicyclic amines) is 1. The highest BCUT2D eigenvalue weighted by atomic mass is 16.5. The van der Waals surface area contributed by atoms with Crippen LogP contribution < -0.4 is 4.74 Å². The smallest absolute Gasteiger partial charge is 0.154 e. The molecule has 0 saturated carbocycles. The van der Waals surface area contributed by atoms with Crippen LogP contribution in [0.2, 0.25) is 0 Å². The number of rotatable bonds is 5. The standard InChI is InChI=1S/C23H27N3O2/c1-17-7-6-8-19(24-17)16-26-14-5-3-4-9-22(26)23-15-21(25-28-23)18-10-12-20(27-2)13-11-18/h6-8,10-13,15,22H,3-5,9,14,16H2,1-2H3/t22-/m1/s1. The molecule has 1 aromatic carbocycles. The van der Waals surface area contributed by atoms with Crippen LogP contribution in [0.3, 0.4) is 0 Å². The van der Waals surface area contributed by atoms with E-state index in [-0.39, 0.29) is 6.04 Å². The summed E-state index contributed by atoms with van der Waals surface area (Å²) < 4.78 is 11.1. The number of hydrogen-bond donors (Lipinski definition) is 0. The second-order valence-electron chi connectivity index (χ2n) is 7.45. The van der Waals surface area contributed by atoms with Gasteiger partial charge < -0.3 is 9.26 Å². The summed E-state index contributed by atoms with van der Waals surface area (Å²) in [7, 11) is 1.67. The zero-order valence-electron chi connectivity index (χ0n) is 16.6. The minimum atomic E-state index is 0.240. The maximum Gasteiger partial charge on any atom is 0.154 e. The Morgan fingerprint density at radius 3 is 2.75 bits per heavy atom. The van der Waals surface area contributed by atoms with Crippen molar-refractivity contribution in [2.24, 2.45) is 0 Å². The zero-order valence-corrected chi connectivity index (χ0v) is 16.6. The molecule has 0 unspecified atom stereocenters. The van der Waals surface area contributed by atoms with Crippen LogP contribution in [0.5, 0.6) is 5.75 Å². The summed E-state index contributed by atoms with van der Waals surface area (Å²) in [6, 6.07) is 16.5. The van der Waals surface area contributed by atoms with E-state index in [0.717, 1.165) is 53.7 Å². The van der Waals surface area contributed by atoms with Gasteiger partial charge in [0.25, 0.3) is 0 Å². The van der Waals surface area contributed by atoms with Gasteiger partial charge in [0.15, 0.2) is 5.76 Å². The molecule has 0 aliphatic carbocycles. The van der Waals surface area contributed by atoms with Crippen LogP contribution in [-0.4, -0.2) is 28.7 Å². The van der Waals surface area contributed by atoms with Crippen molar-refractivity contribution in [1.82, 2.24) is 15.0 Å². The van der Waals surface area contributed by atoms with Gasteiger partial charge in [-0.2, -0.15) is 0 Å². The van der Waals surface area contributed by atoms with Crippen LogP contribution in [-0.2, 0) is 6.54 Å². The van der Waals surface area contributed by atoms with Gasteiger partial charge in [0.2, 0.25) is 0 Å². The molecule has 28 heavy (non-hydrogen) atoms. The first kappa shape index (κ1) is 18.7. The number of pyridine rings is 1. The fourth-order valence-electron chi connectivity index (χ4n) is 3.92. The topological polar surface area (TPSA) is 51.4 Å². The van der Waals surface area contributed by atoms with Crippen molar-refractivity contribution in [1.29, 1.82) is 0 Å². The summed E-state index contributed by atoms with van der Waals surface area (Å²) >= 11 is 0. The monoisotopic (exact) mass is 377 g/mol. The lowest BCUT2D eigenvalue weighted by Crippen LogP contribution is -2.28. The summed E-state index contributed by atoms with van der Waals surface area (Å²) in [4.78, 5) is 7.19. The molecule has 0 N–H and O–H groups in total. The molecule has 1 atom stereocenters. The molecule has 1 saturated heterocycles. The minimum absolute atomic E-state index is 0.240. The van der Waals surface area contributed by atoms with Crippen molar-refractivity contribution < 1.29 is 9.26 Å². The SMILES string of the molecule is COc1ccc(-c2cc([C@H]3CCCCCN3Cc3cccc(C)n3)on2)cc1. The molecule has 5 nitrogen and oxygen atoms in total. The Morgan fingerprint density at radius 1 is 1.11 bits per heavy atom. The third-order valence-corrected chi connectivity index (χ3v) is 5.42. The fraction of sp³-hybridized carbons (Fsp3) is 0.391. The van der Waals surface area contributed by atoms with Gasteiger partial charge in [-0.3, -0.25) is 9.88 Å². The average molecular weight is 377 g/mol. The number of aryl methyl sites for hydroxylation is 1. The molecular weight excluding hydrogens is 350 g/mol. The predicted octanol–water partition coefficient (Wildman–Crippen LogP) is 5.17. The summed E-state index contributed by atoms with van der Waals surface area (Å²) in [6.07, 6.45) is 4.76. The second-order valence-corrected chi connectivity index (χ2v) is 7.45. The number of methoxy groups -OCH3 is 1. The molecule has 1 fully saturated rings. The van der Waals surface area contributed by atoms with Gasteiger partial charge in [-0.25, -0.2) is 0 Å². The highest BCUT2D eigenvalue weighted by Gasteiger charge is 2.26. The van der Waals surface area contributed by atoms with Gasteiger partial charge in [0, 0.05) is 23.9 Å². The number of aromatic nitrogens is 2. The van der Waals surface area contributed by atoms with Crippen molar-refractivity contribution in [3.63, 3.8) is 0 Å². The van der Waals surface area contributed by atoms with Gasteiger partial charge in [-0.15, -0.1) is 0 Å². The average Bonchev–Trinajstić information content (AvgIpc) is 3.09. The van der Waals surface area contributed by atoms with E-state index in [0.29, 0.717) is 0 Å². The Bertz CT molecular complexity index is 904. The summed E-state index contributed by atoms with van der Waals surface area (Å²) in [6.45, 7) is 3.94. The third kappa shape index (κ3) is 4.25. The van der Waals surface area contributed by atoms with Gasteiger partial charge >= 0.3 is 0 Å². The van der Waals surface area contributed by atoms with Crippen LogP contribution in [0.4, 0.5) is 0 Å². The Labute approximate surface area is 166 Å². The lowest BCUT2D eigenvalue weighted by molar-refractivity contribution is 0.158. The molecule has 0 radical (unpaired) electrons. The predicted molar refractivity (Wildman–Crippen MR) is 109 cm³/mol. The van der Waals surface area contributed by atoms with Crippen LogP contribution in [0.25, 0.3) is 11.3 Å². The molecule has 4 rings (SSSR count). The highest BCUT2D eigenvalue weighted by molar-refractivity contribution is 5.60. The first-order valence-corrected chi connectivity index (χ1v) is 10.0. The summed E-state index contributed by atoms with van der Waals surface area (Å²) in [5.74, 6) is 1.79. The van der Waals surface area contributed by atoms with Crippen LogP contribution >= 0.6 is 0 Å². The largest absolute Gasteiger partial charge is 0.497 e. The van der Waals surface area contributed by atoms with Gasteiger partial charge in [0.05, 0.1) is 18.8 Å². The Morgan fingerprint density at radius 2 is 1.96 bits per heavy atom. The maximum atomic E-state index is 5.82. The Balaban J connectivity index is 1.56. The number of hydrogen-bond acceptors (Lipinski definition) is 5. The molecule has 146 valence electrons. The fourth-order valence-corrected chi connectivity index (χ4v) is 3.92. The van der Waals surface area contributed by atoms with E-state index in [1.807, 2.05) is 37.3 Å². The molecule has 0 bridgehead atoms. The first-order valence-electron chi connectivity index (χ1n) is 10.0. The third-order valence-electron chi connectivity index (χ3n) is 5.42. The molecule has 1 aliphatic rings. The van der Waals surface area contributed by atoms with Crippen molar-refractivity contribution >= 4 is 0 Å². The number of nitrogens with zero attached hydrogens (tertiary/aromatic N) is 3. The first-order chi connectivity index (χ1) is 13.7. The normalized spacial score (nSPS) is 18.0. The van der Waals surface area contributed by atoms with Gasteiger partial charge in [0.1, 0.15) is 11.4 Å². The second kappa shape index (κ2) is 8.57. The Hall–Kier alpha value is -2.66. The molecule has 5 heteroatoms. The molecule has 0 amide bonds. The van der Waals surface area contributed by atoms with Gasteiger partial charge in [-0.1, -0.05) is 24.1 Å². The Kier molecular flexibility index (Phi) is 5.72. The van der Waals surface area contributed by atoms with Gasteiger partial charge in [-0.05, 0) is 62.7 Å². The van der Waals surface area contributed by atoms with Crippen LogP contribution in [0.15, 0.2) is 53.1 Å². The lowest BCUT2D eigenvalue weighted by Gasteiger charge is -2.27.